The molecule has 1 aliphatic carbocycles. The standard InChI is InChI=1S/C16H26BrN3O/c1-15(2,3)12-11(17)13(18-4)20-14(19-12)16(21-5)9-7-6-8-10-16/h6-10H2,1-5H3,(H,18,19,20). The summed E-state index contributed by atoms with van der Waals surface area (Å²) in [6, 6.07) is 0. The second kappa shape index (κ2) is 6.21. The normalized spacial score (nSPS) is 18.6. The van der Waals surface area contributed by atoms with Gasteiger partial charge in [-0.3, -0.25) is 0 Å². The van der Waals surface area contributed by atoms with Gasteiger partial charge in [-0.15, -0.1) is 0 Å². The van der Waals surface area contributed by atoms with Crippen molar-refractivity contribution >= 4 is 21.7 Å². The summed E-state index contributed by atoms with van der Waals surface area (Å²) in [7, 11) is 3.68. The number of nitrogens with zero attached hydrogens (tertiary/aromatic N) is 2. The molecule has 0 amide bonds. The first-order chi connectivity index (χ1) is 9.84. The summed E-state index contributed by atoms with van der Waals surface area (Å²) in [6.45, 7) is 6.51. The van der Waals surface area contributed by atoms with Crippen LogP contribution in [0.1, 0.15) is 64.4 Å². The molecule has 0 bridgehead atoms. The number of nitrogens with one attached hydrogen (secondary N) is 1. The van der Waals surface area contributed by atoms with Gasteiger partial charge >= 0.3 is 0 Å². The molecular weight excluding hydrogens is 330 g/mol. The number of rotatable bonds is 3. The molecule has 4 nitrogen and oxygen atoms in total. The third kappa shape index (κ3) is 3.24. The molecule has 0 saturated heterocycles. The SMILES string of the molecule is CNc1nc(C2(OC)CCCCC2)nc(C(C)(C)C)c1Br. The van der Waals surface area contributed by atoms with Crippen LogP contribution >= 0.6 is 15.9 Å². The van der Waals surface area contributed by atoms with Gasteiger partial charge in [0.1, 0.15) is 11.4 Å². The van der Waals surface area contributed by atoms with Crippen molar-refractivity contribution in [1.29, 1.82) is 0 Å². The van der Waals surface area contributed by atoms with Crippen molar-refractivity contribution in [3.63, 3.8) is 0 Å². The molecule has 1 aliphatic rings. The minimum absolute atomic E-state index is 0.0499. The van der Waals surface area contributed by atoms with Gasteiger partial charge in [0, 0.05) is 19.6 Å². The third-order valence-corrected chi connectivity index (χ3v) is 5.01. The van der Waals surface area contributed by atoms with Crippen molar-refractivity contribution < 1.29 is 4.74 Å². The average molecular weight is 356 g/mol. The predicted molar refractivity (Wildman–Crippen MR) is 89.8 cm³/mol. The van der Waals surface area contributed by atoms with Gasteiger partial charge in [-0.1, -0.05) is 40.0 Å². The van der Waals surface area contributed by atoms with E-state index in [1.54, 1.807) is 7.11 Å². The predicted octanol–water partition coefficient (Wildman–Crippen LogP) is 4.38. The maximum absolute atomic E-state index is 5.90. The molecule has 1 fully saturated rings. The van der Waals surface area contributed by atoms with Crippen LogP contribution in [0.2, 0.25) is 0 Å². The Bertz CT molecular complexity index is 505. The molecule has 0 atom stereocenters. The largest absolute Gasteiger partial charge is 0.372 e. The van der Waals surface area contributed by atoms with E-state index in [1.165, 1.54) is 19.3 Å². The van der Waals surface area contributed by atoms with E-state index < -0.39 is 0 Å². The highest BCUT2D eigenvalue weighted by atomic mass is 79.9. The summed E-state index contributed by atoms with van der Waals surface area (Å²) < 4.78 is 6.85. The monoisotopic (exact) mass is 355 g/mol. The highest BCUT2D eigenvalue weighted by molar-refractivity contribution is 9.10. The molecule has 0 radical (unpaired) electrons. The minimum Gasteiger partial charge on any atom is -0.372 e. The fourth-order valence-corrected chi connectivity index (χ4v) is 3.93. The number of hydrogen-bond acceptors (Lipinski definition) is 4. The Morgan fingerprint density at radius 3 is 2.24 bits per heavy atom. The molecule has 2 rings (SSSR count). The number of methoxy groups -OCH3 is 1. The highest BCUT2D eigenvalue weighted by Gasteiger charge is 2.38. The molecule has 0 spiro atoms. The van der Waals surface area contributed by atoms with Crippen LogP contribution in [0.25, 0.3) is 0 Å². The molecule has 1 heterocycles. The van der Waals surface area contributed by atoms with Gasteiger partial charge in [0.15, 0.2) is 5.82 Å². The van der Waals surface area contributed by atoms with Gasteiger partial charge in [0.25, 0.3) is 0 Å². The Kier molecular flexibility index (Phi) is 4.93. The molecule has 1 aromatic heterocycles. The quantitative estimate of drug-likeness (QED) is 0.873. The Morgan fingerprint density at radius 1 is 1.14 bits per heavy atom. The van der Waals surface area contributed by atoms with Gasteiger partial charge in [0.05, 0.1) is 10.2 Å². The van der Waals surface area contributed by atoms with Gasteiger partial charge in [-0.05, 0) is 28.8 Å². The number of ether oxygens (including phenoxy) is 1. The number of halogens is 1. The fraction of sp³-hybridized carbons (Fsp3) is 0.750. The Labute approximate surface area is 136 Å². The van der Waals surface area contributed by atoms with Gasteiger partial charge in [0.2, 0.25) is 0 Å². The zero-order chi connectivity index (χ0) is 15.7. The summed E-state index contributed by atoms with van der Waals surface area (Å²) in [5, 5.41) is 3.18. The van der Waals surface area contributed by atoms with Crippen molar-refractivity contribution in [3.8, 4) is 0 Å². The number of hydrogen-bond donors (Lipinski definition) is 1. The lowest BCUT2D eigenvalue weighted by atomic mass is 9.83. The summed E-state index contributed by atoms with van der Waals surface area (Å²) in [6.07, 6.45) is 5.61. The van der Waals surface area contributed by atoms with Crippen LogP contribution in [-0.4, -0.2) is 24.1 Å². The van der Waals surface area contributed by atoms with E-state index in [2.05, 4.69) is 42.0 Å². The highest BCUT2D eigenvalue weighted by Crippen LogP contribution is 2.41. The number of aromatic nitrogens is 2. The fourth-order valence-electron chi connectivity index (χ4n) is 2.96. The van der Waals surface area contributed by atoms with E-state index >= 15 is 0 Å². The van der Waals surface area contributed by atoms with Gasteiger partial charge in [-0.2, -0.15) is 0 Å². The van der Waals surface area contributed by atoms with Crippen LogP contribution in [-0.2, 0) is 15.8 Å². The van der Waals surface area contributed by atoms with Gasteiger partial charge in [-0.25, -0.2) is 9.97 Å². The third-order valence-electron chi connectivity index (χ3n) is 4.26. The molecule has 21 heavy (non-hydrogen) atoms. The maximum atomic E-state index is 5.90. The van der Waals surface area contributed by atoms with Gasteiger partial charge < -0.3 is 10.1 Å². The molecular formula is C16H26BrN3O. The minimum atomic E-state index is -0.329. The van der Waals surface area contributed by atoms with Crippen LogP contribution in [0.5, 0.6) is 0 Å². The lowest BCUT2D eigenvalue weighted by Crippen LogP contribution is -2.34. The molecule has 118 valence electrons. The summed E-state index contributed by atoms with van der Waals surface area (Å²) in [5.74, 6) is 1.66. The number of anilines is 1. The van der Waals surface area contributed by atoms with Crippen LogP contribution < -0.4 is 5.32 Å². The van der Waals surface area contributed by atoms with Crippen molar-refractivity contribution in [2.24, 2.45) is 0 Å². The van der Waals surface area contributed by atoms with Crippen LogP contribution in [0.4, 0.5) is 5.82 Å². The molecule has 1 saturated carbocycles. The van der Waals surface area contributed by atoms with Crippen molar-refractivity contribution in [1.82, 2.24) is 9.97 Å². The van der Waals surface area contributed by atoms with Crippen LogP contribution in [0.3, 0.4) is 0 Å². The zero-order valence-electron chi connectivity index (χ0n) is 13.7. The molecule has 0 aliphatic heterocycles. The Balaban J connectivity index is 2.58. The second-order valence-electron chi connectivity index (χ2n) is 6.82. The van der Waals surface area contributed by atoms with E-state index in [9.17, 15) is 0 Å². The average Bonchev–Trinajstić information content (AvgIpc) is 2.47. The van der Waals surface area contributed by atoms with E-state index in [0.717, 1.165) is 34.7 Å². The Morgan fingerprint density at radius 2 is 1.76 bits per heavy atom. The summed E-state index contributed by atoms with van der Waals surface area (Å²) in [5.41, 5.74) is 0.648. The van der Waals surface area contributed by atoms with E-state index in [1.807, 2.05) is 7.05 Å². The molecule has 1 aromatic rings. The van der Waals surface area contributed by atoms with Crippen molar-refractivity contribution in [2.75, 3.05) is 19.5 Å². The van der Waals surface area contributed by atoms with Crippen molar-refractivity contribution in [2.45, 2.75) is 63.9 Å². The smallest absolute Gasteiger partial charge is 0.162 e. The molecule has 0 aromatic carbocycles. The van der Waals surface area contributed by atoms with Crippen molar-refractivity contribution in [3.05, 3.63) is 16.0 Å². The van der Waals surface area contributed by atoms with E-state index in [4.69, 9.17) is 14.7 Å². The lowest BCUT2D eigenvalue weighted by Gasteiger charge is -2.35. The molecule has 5 heteroatoms. The Hall–Kier alpha value is -0.680. The first-order valence-electron chi connectivity index (χ1n) is 7.65. The summed E-state index contributed by atoms with van der Waals surface area (Å²) >= 11 is 3.65. The van der Waals surface area contributed by atoms with E-state index in [-0.39, 0.29) is 11.0 Å². The first-order valence-corrected chi connectivity index (χ1v) is 8.45. The topological polar surface area (TPSA) is 47.0 Å². The lowest BCUT2D eigenvalue weighted by molar-refractivity contribution is -0.0516. The first kappa shape index (κ1) is 16.7. The summed E-state index contributed by atoms with van der Waals surface area (Å²) in [4.78, 5) is 9.63. The van der Waals surface area contributed by atoms with E-state index in [0.29, 0.717) is 0 Å². The maximum Gasteiger partial charge on any atom is 0.162 e. The molecule has 0 unspecified atom stereocenters. The van der Waals surface area contributed by atoms with Crippen LogP contribution in [0, 0.1) is 0 Å². The molecule has 1 N–H and O–H groups in total. The van der Waals surface area contributed by atoms with Crippen LogP contribution in [0.15, 0.2) is 4.47 Å². The zero-order valence-corrected chi connectivity index (χ0v) is 15.3. The second-order valence-corrected chi connectivity index (χ2v) is 7.61.